The van der Waals surface area contributed by atoms with Gasteiger partial charge < -0.3 is 14.6 Å². The molecule has 1 aliphatic heterocycles. The molecule has 0 amide bonds. The van der Waals surface area contributed by atoms with E-state index in [1.807, 2.05) is 0 Å². The summed E-state index contributed by atoms with van der Waals surface area (Å²) in [5.74, 6) is 0. The normalized spacial score (nSPS) is 45.4. The minimum atomic E-state index is -3.52. The summed E-state index contributed by atoms with van der Waals surface area (Å²) in [5.41, 5.74) is -0.994. The molecule has 7 heteroatoms. The van der Waals surface area contributed by atoms with Crippen LogP contribution in [-0.4, -0.2) is 51.0 Å². The highest BCUT2D eigenvalue weighted by molar-refractivity contribution is 7.86. The van der Waals surface area contributed by atoms with Crippen LogP contribution in [0.2, 0.25) is 0 Å². The van der Waals surface area contributed by atoms with E-state index >= 15 is 0 Å². The van der Waals surface area contributed by atoms with Crippen LogP contribution in [0, 0.1) is 5.41 Å². The lowest BCUT2D eigenvalue weighted by Gasteiger charge is -2.42. The average molecular weight is 278 g/mol. The molecular weight excluding hydrogens is 260 g/mol. The first-order valence-corrected chi connectivity index (χ1v) is 7.92. The molecule has 6 nitrogen and oxygen atoms in total. The first kappa shape index (κ1) is 12.8. The van der Waals surface area contributed by atoms with Crippen LogP contribution in [0.1, 0.15) is 25.7 Å². The van der Waals surface area contributed by atoms with Gasteiger partial charge in [0.1, 0.15) is 5.60 Å². The lowest BCUT2D eigenvalue weighted by atomic mass is 9.85. The Labute approximate surface area is 106 Å². The zero-order valence-corrected chi connectivity index (χ0v) is 11.3. The van der Waals surface area contributed by atoms with Gasteiger partial charge in [0.05, 0.1) is 18.5 Å². The Morgan fingerprint density at radius 1 is 1.39 bits per heavy atom. The Balaban J connectivity index is 1.88. The van der Waals surface area contributed by atoms with Crippen LogP contribution >= 0.6 is 0 Å². The molecule has 0 aromatic rings. The van der Waals surface area contributed by atoms with E-state index in [0.29, 0.717) is 12.8 Å². The minimum absolute atomic E-state index is 0.343. The predicted octanol–water partition coefficient (Wildman–Crippen LogP) is 0.00760. The van der Waals surface area contributed by atoms with Crippen molar-refractivity contribution in [1.82, 2.24) is 0 Å². The lowest BCUT2D eigenvalue weighted by Crippen LogP contribution is -2.51. The van der Waals surface area contributed by atoms with Crippen molar-refractivity contribution in [1.29, 1.82) is 0 Å². The monoisotopic (exact) mass is 278 g/mol. The summed E-state index contributed by atoms with van der Waals surface area (Å²) in [7, 11) is -2.01. The summed E-state index contributed by atoms with van der Waals surface area (Å²) in [5, 5.41) is 9.86. The molecule has 0 aromatic heterocycles. The molecule has 1 N–H and O–H groups in total. The van der Waals surface area contributed by atoms with Crippen LogP contribution in [0.5, 0.6) is 0 Å². The molecule has 3 rings (SSSR count). The number of hydrogen-bond acceptors (Lipinski definition) is 6. The van der Waals surface area contributed by atoms with Gasteiger partial charge in [0, 0.05) is 25.4 Å². The number of hydrogen-bond donors (Lipinski definition) is 1. The van der Waals surface area contributed by atoms with Gasteiger partial charge in [0.2, 0.25) is 0 Å². The number of ether oxygens (including phenoxy) is 2. The highest BCUT2D eigenvalue weighted by Crippen LogP contribution is 2.71. The smallest absolute Gasteiger partial charge is 0.264 e. The Hall–Kier alpha value is -0.210. The van der Waals surface area contributed by atoms with Crippen LogP contribution < -0.4 is 0 Å². The van der Waals surface area contributed by atoms with Crippen LogP contribution in [0.15, 0.2) is 0 Å². The van der Waals surface area contributed by atoms with Crippen molar-refractivity contribution in [3.63, 3.8) is 0 Å². The second kappa shape index (κ2) is 3.67. The van der Waals surface area contributed by atoms with Crippen LogP contribution in [-0.2, 0) is 23.8 Å². The Bertz CT molecular complexity index is 456. The number of rotatable bonds is 3. The Kier molecular flexibility index (Phi) is 2.61. The third-order valence-electron chi connectivity index (χ3n) is 4.42. The highest BCUT2D eigenvalue weighted by Gasteiger charge is 2.78. The van der Waals surface area contributed by atoms with Crippen molar-refractivity contribution in [2.45, 2.75) is 49.8 Å². The first-order chi connectivity index (χ1) is 8.33. The Morgan fingerprint density at radius 2 is 2.00 bits per heavy atom. The number of aliphatic hydroxyl groups is 1. The summed E-state index contributed by atoms with van der Waals surface area (Å²) in [6.07, 6.45) is 2.14. The molecule has 104 valence electrons. The van der Waals surface area contributed by atoms with Crippen LogP contribution in [0.3, 0.4) is 0 Å². The fraction of sp³-hybridized carbons (Fsp3) is 1.00. The maximum Gasteiger partial charge on any atom is 0.264 e. The van der Waals surface area contributed by atoms with Crippen molar-refractivity contribution in [2.75, 3.05) is 13.4 Å². The van der Waals surface area contributed by atoms with Gasteiger partial charge in [-0.15, -0.1) is 0 Å². The van der Waals surface area contributed by atoms with Crippen LogP contribution in [0.25, 0.3) is 0 Å². The molecule has 18 heavy (non-hydrogen) atoms. The fourth-order valence-corrected chi connectivity index (χ4v) is 4.01. The van der Waals surface area contributed by atoms with E-state index in [1.165, 1.54) is 7.11 Å². The van der Waals surface area contributed by atoms with Gasteiger partial charge in [0.25, 0.3) is 10.1 Å². The van der Waals surface area contributed by atoms with E-state index in [0.717, 1.165) is 19.1 Å². The molecule has 0 aromatic carbocycles. The molecule has 4 atom stereocenters. The third-order valence-corrected chi connectivity index (χ3v) is 5.01. The van der Waals surface area contributed by atoms with Gasteiger partial charge in [0.15, 0.2) is 6.29 Å². The molecule has 3 aliphatic rings. The van der Waals surface area contributed by atoms with Gasteiger partial charge in [-0.25, -0.2) is 0 Å². The van der Waals surface area contributed by atoms with Gasteiger partial charge in [-0.1, -0.05) is 0 Å². The zero-order valence-electron chi connectivity index (χ0n) is 10.5. The van der Waals surface area contributed by atoms with E-state index < -0.39 is 34.2 Å². The highest BCUT2D eigenvalue weighted by atomic mass is 32.2. The topological polar surface area (TPSA) is 82.1 Å². The second-order valence-corrected chi connectivity index (χ2v) is 7.17. The summed E-state index contributed by atoms with van der Waals surface area (Å²) in [6, 6.07) is 0. The Morgan fingerprint density at radius 3 is 2.39 bits per heavy atom. The summed E-state index contributed by atoms with van der Waals surface area (Å²) in [4.78, 5) is 0. The predicted molar refractivity (Wildman–Crippen MR) is 61.2 cm³/mol. The molecule has 1 saturated heterocycles. The number of fused-ring (bicyclic) bond motifs is 1. The van der Waals surface area contributed by atoms with Crippen molar-refractivity contribution in [3.8, 4) is 0 Å². The molecule has 0 radical (unpaired) electrons. The summed E-state index contributed by atoms with van der Waals surface area (Å²) < 4.78 is 38.9. The molecule has 2 aliphatic carbocycles. The second-order valence-electron chi connectivity index (χ2n) is 5.57. The van der Waals surface area contributed by atoms with Gasteiger partial charge in [-0.3, -0.25) is 4.18 Å². The van der Waals surface area contributed by atoms with E-state index in [9.17, 15) is 13.5 Å². The maximum absolute atomic E-state index is 11.4. The minimum Gasteiger partial charge on any atom is -0.390 e. The summed E-state index contributed by atoms with van der Waals surface area (Å²) in [6.45, 7) is 0. The largest absolute Gasteiger partial charge is 0.390 e. The molecular formula is C11H18O6S. The van der Waals surface area contributed by atoms with E-state index in [1.54, 1.807) is 0 Å². The van der Waals surface area contributed by atoms with Gasteiger partial charge >= 0.3 is 0 Å². The maximum atomic E-state index is 11.4. The van der Waals surface area contributed by atoms with Crippen LogP contribution in [0.4, 0.5) is 0 Å². The van der Waals surface area contributed by atoms with Crippen molar-refractivity contribution < 1.29 is 27.2 Å². The van der Waals surface area contributed by atoms with E-state index in [2.05, 4.69) is 0 Å². The number of aliphatic hydroxyl groups excluding tert-OH is 1. The molecule has 1 heterocycles. The van der Waals surface area contributed by atoms with Crippen molar-refractivity contribution in [2.24, 2.45) is 5.41 Å². The third kappa shape index (κ3) is 1.72. The molecule has 3 fully saturated rings. The standard InChI is InChI=1S/C11H18O6S/c1-15-9-5-8(17-18(2,13)14)10(3-4-10)11(16-9)6-7(11)12/h7-9,12H,3-6H2,1-2H3/t7-,8-,9-,11-/m1/s1. The summed E-state index contributed by atoms with van der Waals surface area (Å²) >= 11 is 0. The number of methoxy groups -OCH3 is 1. The van der Waals surface area contributed by atoms with Gasteiger partial charge in [-0.05, 0) is 12.8 Å². The first-order valence-electron chi connectivity index (χ1n) is 6.10. The quantitative estimate of drug-likeness (QED) is 0.732. The van der Waals surface area contributed by atoms with Crippen molar-refractivity contribution >= 4 is 10.1 Å². The van der Waals surface area contributed by atoms with E-state index in [4.69, 9.17) is 13.7 Å². The zero-order chi connectivity index (χ0) is 13.2. The van der Waals surface area contributed by atoms with Gasteiger partial charge in [-0.2, -0.15) is 8.42 Å². The molecule has 0 unspecified atom stereocenters. The van der Waals surface area contributed by atoms with Crippen molar-refractivity contribution in [3.05, 3.63) is 0 Å². The molecule has 2 saturated carbocycles. The SMILES string of the molecule is CO[C@H]1C[C@@H](OS(C)(=O)=O)C2(CC2)[C@]2(C[C@H]2O)O1. The van der Waals surface area contributed by atoms with E-state index in [-0.39, 0.29) is 5.41 Å². The fourth-order valence-electron chi connectivity index (χ4n) is 3.33. The average Bonchev–Trinajstić information content (AvgIpc) is 3.11. The lowest BCUT2D eigenvalue weighted by molar-refractivity contribution is -0.249. The molecule has 2 spiro atoms. The molecule has 0 bridgehead atoms.